The summed E-state index contributed by atoms with van der Waals surface area (Å²) in [5.41, 5.74) is 1.98. The zero-order chi connectivity index (χ0) is 22.9. The minimum Gasteiger partial charge on any atom is -0.493 e. The summed E-state index contributed by atoms with van der Waals surface area (Å²) in [5.74, 6) is -0.0421. The fraction of sp³-hybridized carbons (Fsp3) is 0.160. The Morgan fingerprint density at radius 1 is 1.06 bits per heavy atom. The Kier molecular flexibility index (Phi) is 5.18. The number of hydrogen-bond donors (Lipinski definition) is 1. The number of nitrogens with one attached hydrogen (secondary N) is 1. The molecule has 2 aromatic carbocycles. The number of nitrogens with zero attached hydrogens (tertiary/aromatic N) is 1. The van der Waals surface area contributed by atoms with Gasteiger partial charge in [-0.3, -0.25) is 9.59 Å². The molecule has 8 nitrogen and oxygen atoms in total. The van der Waals surface area contributed by atoms with E-state index in [9.17, 15) is 14.4 Å². The van der Waals surface area contributed by atoms with Gasteiger partial charge in [0.1, 0.15) is 5.56 Å². The Labute approximate surface area is 188 Å². The van der Waals surface area contributed by atoms with E-state index in [0.717, 1.165) is 11.1 Å². The van der Waals surface area contributed by atoms with Gasteiger partial charge >= 0.3 is 5.63 Å². The molecule has 1 aliphatic heterocycles. The van der Waals surface area contributed by atoms with Crippen LogP contribution in [0.2, 0.25) is 0 Å². The number of hydrogen-bond acceptors (Lipinski definition) is 6. The molecule has 0 fully saturated rings. The number of methoxy groups -OCH3 is 1. The summed E-state index contributed by atoms with van der Waals surface area (Å²) >= 11 is 0. The monoisotopic (exact) mass is 444 g/mol. The van der Waals surface area contributed by atoms with Crippen molar-refractivity contribution in [1.82, 2.24) is 4.90 Å². The number of rotatable bonds is 4. The Morgan fingerprint density at radius 3 is 2.73 bits per heavy atom. The molecule has 0 saturated carbocycles. The van der Waals surface area contributed by atoms with Gasteiger partial charge in [-0.25, -0.2) is 4.79 Å². The number of anilines is 1. The molecule has 3 heterocycles. The zero-order valence-corrected chi connectivity index (χ0v) is 17.8. The van der Waals surface area contributed by atoms with E-state index < -0.39 is 11.5 Å². The predicted octanol–water partition coefficient (Wildman–Crippen LogP) is 3.85. The highest BCUT2D eigenvalue weighted by Crippen LogP contribution is 2.26. The number of ether oxygens (including phenoxy) is 1. The molecule has 0 atom stereocenters. The lowest BCUT2D eigenvalue weighted by atomic mass is 9.98. The van der Waals surface area contributed by atoms with Gasteiger partial charge in [0, 0.05) is 24.2 Å². The van der Waals surface area contributed by atoms with E-state index in [2.05, 4.69) is 5.32 Å². The Morgan fingerprint density at radius 2 is 1.94 bits per heavy atom. The second-order valence-corrected chi connectivity index (χ2v) is 7.72. The quantitative estimate of drug-likeness (QED) is 0.480. The van der Waals surface area contributed by atoms with Gasteiger partial charge in [0.15, 0.2) is 17.1 Å². The van der Waals surface area contributed by atoms with Crippen molar-refractivity contribution in [3.8, 4) is 5.75 Å². The van der Waals surface area contributed by atoms with E-state index in [1.807, 2.05) is 12.1 Å². The van der Waals surface area contributed by atoms with E-state index in [1.54, 1.807) is 41.3 Å². The van der Waals surface area contributed by atoms with Crippen LogP contribution in [0.15, 0.2) is 74.5 Å². The lowest BCUT2D eigenvalue weighted by molar-refractivity contribution is 0.0702. The Bertz CT molecular complexity index is 1420. The molecule has 0 saturated heterocycles. The average Bonchev–Trinajstić information content (AvgIpc) is 3.37. The largest absolute Gasteiger partial charge is 0.493 e. The van der Waals surface area contributed by atoms with Gasteiger partial charge in [0.2, 0.25) is 0 Å². The number of carbonyl (C=O) groups is 2. The van der Waals surface area contributed by atoms with Crippen LogP contribution in [0, 0.1) is 0 Å². The number of carbonyl (C=O) groups excluding carboxylic acids is 2. The second kappa shape index (κ2) is 8.31. The normalized spacial score (nSPS) is 12.9. The highest BCUT2D eigenvalue weighted by atomic mass is 16.5. The fourth-order valence-corrected chi connectivity index (χ4v) is 4.00. The molecular formula is C25H20N2O6. The van der Waals surface area contributed by atoms with Crippen LogP contribution in [0.5, 0.6) is 5.75 Å². The smallest absolute Gasteiger partial charge is 0.349 e. The third-order valence-corrected chi connectivity index (χ3v) is 5.68. The van der Waals surface area contributed by atoms with Gasteiger partial charge in [0.25, 0.3) is 11.8 Å². The third-order valence-electron chi connectivity index (χ3n) is 5.68. The van der Waals surface area contributed by atoms with Crippen LogP contribution in [-0.4, -0.2) is 30.4 Å². The Balaban J connectivity index is 1.38. The molecule has 166 valence electrons. The molecular weight excluding hydrogens is 424 g/mol. The molecule has 0 aliphatic carbocycles. The number of fused-ring (bicyclic) bond motifs is 2. The molecule has 1 N–H and O–H groups in total. The first-order valence-electron chi connectivity index (χ1n) is 10.4. The highest BCUT2D eigenvalue weighted by molar-refractivity contribution is 6.05. The van der Waals surface area contributed by atoms with Crippen molar-refractivity contribution in [2.24, 2.45) is 0 Å². The van der Waals surface area contributed by atoms with E-state index in [4.69, 9.17) is 13.6 Å². The number of furan rings is 1. The minimum atomic E-state index is -0.752. The summed E-state index contributed by atoms with van der Waals surface area (Å²) in [6.45, 7) is 0.982. The van der Waals surface area contributed by atoms with Crippen molar-refractivity contribution < 1.29 is 23.2 Å². The van der Waals surface area contributed by atoms with Crippen LogP contribution in [0.25, 0.3) is 11.0 Å². The topological polar surface area (TPSA) is 102 Å². The molecule has 2 amide bonds. The average molecular weight is 444 g/mol. The minimum absolute atomic E-state index is 0.108. The summed E-state index contributed by atoms with van der Waals surface area (Å²) < 4.78 is 15.8. The van der Waals surface area contributed by atoms with Crippen molar-refractivity contribution in [3.05, 3.63) is 93.7 Å². The number of amides is 2. The first-order valence-corrected chi connectivity index (χ1v) is 10.4. The van der Waals surface area contributed by atoms with Gasteiger partial charge in [-0.2, -0.15) is 0 Å². The number of para-hydroxylation sites is 1. The first kappa shape index (κ1) is 20.6. The van der Waals surface area contributed by atoms with Gasteiger partial charge in [0.05, 0.1) is 13.4 Å². The molecule has 0 bridgehead atoms. The second-order valence-electron chi connectivity index (χ2n) is 7.72. The molecule has 1 aliphatic rings. The van der Waals surface area contributed by atoms with Crippen molar-refractivity contribution in [1.29, 1.82) is 0 Å². The van der Waals surface area contributed by atoms with Gasteiger partial charge < -0.3 is 23.8 Å². The fourth-order valence-electron chi connectivity index (χ4n) is 4.00. The summed E-state index contributed by atoms with van der Waals surface area (Å²) in [6, 6.07) is 15.5. The maximum atomic E-state index is 12.8. The van der Waals surface area contributed by atoms with Gasteiger partial charge in [-0.1, -0.05) is 18.2 Å². The molecule has 8 heteroatoms. The summed E-state index contributed by atoms with van der Waals surface area (Å²) in [7, 11) is 1.48. The van der Waals surface area contributed by atoms with Crippen LogP contribution in [-0.2, 0) is 13.0 Å². The molecule has 4 aromatic rings. The number of benzene rings is 2. The predicted molar refractivity (Wildman–Crippen MR) is 121 cm³/mol. The summed E-state index contributed by atoms with van der Waals surface area (Å²) in [5, 5.41) is 3.34. The maximum Gasteiger partial charge on any atom is 0.349 e. The van der Waals surface area contributed by atoms with E-state index in [-0.39, 0.29) is 17.1 Å². The standard InChI is InChI=1S/C25H20N2O6/c1-31-20-5-2-4-16-13-19(25(30)33-22(16)20)23(28)26-18-8-7-15-9-10-27(14-17(15)12-18)24(29)21-6-3-11-32-21/h2-8,11-13H,9-10,14H2,1H3,(H,26,28). The van der Waals surface area contributed by atoms with Crippen molar-refractivity contribution in [2.75, 3.05) is 19.0 Å². The van der Waals surface area contributed by atoms with Gasteiger partial charge in [-0.15, -0.1) is 0 Å². The third kappa shape index (κ3) is 3.87. The summed E-state index contributed by atoms with van der Waals surface area (Å²) in [4.78, 5) is 39.6. The van der Waals surface area contributed by atoms with Crippen LogP contribution in [0.4, 0.5) is 5.69 Å². The van der Waals surface area contributed by atoms with Crippen molar-refractivity contribution in [2.45, 2.75) is 13.0 Å². The van der Waals surface area contributed by atoms with E-state index in [0.29, 0.717) is 42.1 Å². The first-order chi connectivity index (χ1) is 16.0. The van der Waals surface area contributed by atoms with Crippen LogP contribution in [0.1, 0.15) is 32.0 Å². The Hall–Kier alpha value is -4.33. The molecule has 5 rings (SSSR count). The van der Waals surface area contributed by atoms with E-state index in [1.165, 1.54) is 19.4 Å². The SMILES string of the molecule is COc1cccc2cc(C(=O)Nc3ccc4c(c3)CN(C(=O)c3ccco3)CC4)c(=O)oc12. The van der Waals surface area contributed by atoms with E-state index >= 15 is 0 Å². The van der Waals surface area contributed by atoms with Crippen LogP contribution in [0.3, 0.4) is 0 Å². The highest BCUT2D eigenvalue weighted by Gasteiger charge is 2.24. The molecule has 33 heavy (non-hydrogen) atoms. The molecule has 0 radical (unpaired) electrons. The van der Waals surface area contributed by atoms with Gasteiger partial charge in [-0.05, 0) is 53.9 Å². The lowest BCUT2D eigenvalue weighted by Gasteiger charge is -2.28. The molecule has 0 spiro atoms. The molecule has 0 unspecified atom stereocenters. The van der Waals surface area contributed by atoms with Crippen molar-refractivity contribution in [3.63, 3.8) is 0 Å². The van der Waals surface area contributed by atoms with Crippen LogP contribution >= 0.6 is 0 Å². The maximum absolute atomic E-state index is 12.8. The molecule has 2 aromatic heterocycles. The lowest BCUT2D eigenvalue weighted by Crippen LogP contribution is -2.35. The summed E-state index contributed by atoms with van der Waals surface area (Å²) in [6.07, 6.45) is 2.17. The van der Waals surface area contributed by atoms with Crippen LogP contribution < -0.4 is 15.7 Å². The zero-order valence-electron chi connectivity index (χ0n) is 17.8. The van der Waals surface area contributed by atoms with Crippen molar-refractivity contribution >= 4 is 28.5 Å².